The highest BCUT2D eigenvalue weighted by atomic mass is 32.2. The molecule has 0 saturated carbocycles. The summed E-state index contributed by atoms with van der Waals surface area (Å²) in [6.45, 7) is 5.50. The van der Waals surface area contributed by atoms with Crippen LogP contribution in [0.25, 0.3) is 0 Å². The molecule has 1 heterocycles. The van der Waals surface area contributed by atoms with Crippen LogP contribution in [0.5, 0.6) is 0 Å². The van der Waals surface area contributed by atoms with Gasteiger partial charge >= 0.3 is 0 Å². The van der Waals surface area contributed by atoms with Crippen molar-refractivity contribution in [3.8, 4) is 0 Å². The molecule has 0 saturated heterocycles. The van der Waals surface area contributed by atoms with E-state index in [0.717, 1.165) is 16.1 Å². The predicted molar refractivity (Wildman–Crippen MR) is 89.5 cm³/mol. The molecule has 0 amide bonds. The number of sulfonamides is 1. The number of benzene rings is 1. The number of hydrogen-bond donors (Lipinski definition) is 2. The van der Waals surface area contributed by atoms with E-state index in [0.29, 0.717) is 10.7 Å². The van der Waals surface area contributed by atoms with Crippen LogP contribution < -0.4 is 10.5 Å². The van der Waals surface area contributed by atoms with Gasteiger partial charge < -0.3 is 5.73 Å². The smallest absolute Gasteiger partial charge is 0.263 e. The molecule has 0 atom stereocenters. The van der Waals surface area contributed by atoms with Gasteiger partial charge in [0.1, 0.15) is 4.99 Å². The number of aromatic nitrogens is 1. The minimum Gasteiger partial charge on any atom is -0.389 e. The fourth-order valence-electron chi connectivity index (χ4n) is 1.77. The van der Waals surface area contributed by atoms with E-state index in [4.69, 9.17) is 18.0 Å². The first-order chi connectivity index (χ1) is 9.70. The van der Waals surface area contributed by atoms with Crippen LogP contribution in [0.3, 0.4) is 0 Å². The number of aryl methyl sites for hydroxylation is 3. The lowest BCUT2D eigenvalue weighted by Crippen LogP contribution is -2.15. The SMILES string of the molecule is Cc1cc(S(=O)(=O)Nc2nc(C)c(C)s2)ccc1C(N)=S. The second-order valence-corrected chi connectivity index (χ2v) is 7.93. The lowest BCUT2D eigenvalue weighted by atomic mass is 10.1. The van der Waals surface area contributed by atoms with E-state index >= 15 is 0 Å². The Kier molecular flexibility index (Phi) is 4.31. The van der Waals surface area contributed by atoms with E-state index in [-0.39, 0.29) is 9.88 Å². The summed E-state index contributed by atoms with van der Waals surface area (Å²) in [6, 6.07) is 4.64. The molecule has 21 heavy (non-hydrogen) atoms. The normalized spacial score (nSPS) is 11.4. The molecule has 8 heteroatoms. The molecule has 0 aliphatic heterocycles. The first-order valence-electron chi connectivity index (χ1n) is 6.08. The highest BCUT2D eigenvalue weighted by Crippen LogP contribution is 2.24. The van der Waals surface area contributed by atoms with Crippen molar-refractivity contribution in [3.63, 3.8) is 0 Å². The first-order valence-corrected chi connectivity index (χ1v) is 8.79. The summed E-state index contributed by atoms with van der Waals surface area (Å²) in [7, 11) is -3.67. The topological polar surface area (TPSA) is 85.1 Å². The standard InChI is InChI=1S/C13H15N3O2S3/c1-7-6-10(4-5-11(7)12(14)19)21(17,18)16-13-15-8(2)9(3)20-13/h4-6H,1-3H3,(H2,14,19)(H,15,16). The summed E-state index contributed by atoms with van der Waals surface area (Å²) in [6.07, 6.45) is 0. The molecule has 0 aliphatic rings. The quantitative estimate of drug-likeness (QED) is 0.835. The summed E-state index contributed by atoms with van der Waals surface area (Å²) in [5, 5.41) is 0.362. The summed E-state index contributed by atoms with van der Waals surface area (Å²) >= 11 is 6.22. The number of thiazole rings is 1. The highest BCUT2D eigenvalue weighted by Gasteiger charge is 2.18. The van der Waals surface area contributed by atoms with Gasteiger partial charge in [0.15, 0.2) is 5.13 Å². The fourth-order valence-corrected chi connectivity index (χ4v) is 4.13. The third kappa shape index (κ3) is 3.39. The zero-order chi connectivity index (χ0) is 15.8. The van der Waals surface area contributed by atoms with Crippen LogP contribution in [0, 0.1) is 20.8 Å². The van der Waals surface area contributed by atoms with Gasteiger partial charge in [-0.15, -0.1) is 11.3 Å². The van der Waals surface area contributed by atoms with Gasteiger partial charge in [0.2, 0.25) is 0 Å². The molecular formula is C13H15N3O2S3. The Morgan fingerprint density at radius 2 is 2.00 bits per heavy atom. The molecule has 112 valence electrons. The van der Waals surface area contributed by atoms with Gasteiger partial charge in [-0.25, -0.2) is 13.4 Å². The van der Waals surface area contributed by atoms with Crippen molar-refractivity contribution in [2.45, 2.75) is 25.7 Å². The third-order valence-corrected chi connectivity index (χ3v) is 5.70. The Labute approximate surface area is 133 Å². The van der Waals surface area contributed by atoms with Crippen molar-refractivity contribution < 1.29 is 8.42 Å². The lowest BCUT2D eigenvalue weighted by molar-refractivity contribution is 0.601. The number of nitrogens with one attached hydrogen (secondary N) is 1. The second kappa shape index (κ2) is 5.70. The fraction of sp³-hybridized carbons (Fsp3) is 0.231. The number of thiocarbonyl (C=S) groups is 1. The minimum absolute atomic E-state index is 0.158. The van der Waals surface area contributed by atoms with E-state index < -0.39 is 10.0 Å². The molecule has 1 aromatic heterocycles. The van der Waals surface area contributed by atoms with E-state index in [9.17, 15) is 8.42 Å². The summed E-state index contributed by atoms with van der Waals surface area (Å²) < 4.78 is 27.2. The van der Waals surface area contributed by atoms with Crippen LogP contribution in [0.1, 0.15) is 21.7 Å². The zero-order valence-corrected chi connectivity index (χ0v) is 14.2. The van der Waals surface area contributed by atoms with Crippen LogP contribution in [-0.2, 0) is 10.0 Å². The predicted octanol–water partition coefficient (Wildman–Crippen LogP) is 2.50. The Hall–Kier alpha value is -1.51. The van der Waals surface area contributed by atoms with Crippen molar-refractivity contribution in [2.75, 3.05) is 4.72 Å². The molecule has 0 bridgehead atoms. The molecule has 2 aromatic rings. The maximum atomic E-state index is 12.3. The number of rotatable bonds is 4. The average Bonchev–Trinajstić information content (AvgIpc) is 2.66. The second-order valence-electron chi connectivity index (χ2n) is 4.61. The summed E-state index contributed by atoms with van der Waals surface area (Å²) in [5.74, 6) is 0. The van der Waals surface area contributed by atoms with Crippen molar-refractivity contribution in [3.05, 3.63) is 39.9 Å². The van der Waals surface area contributed by atoms with E-state index in [1.54, 1.807) is 19.1 Å². The maximum absolute atomic E-state index is 12.3. The summed E-state index contributed by atoms with van der Waals surface area (Å²) in [4.78, 5) is 5.56. The summed E-state index contributed by atoms with van der Waals surface area (Å²) in [5.41, 5.74) is 7.78. The molecule has 0 fully saturated rings. The highest BCUT2D eigenvalue weighted by molar-refractivity contribution is 7.93. The third-order valence-electron chi connectivity index (χ3n) is 3.02. The Morgan fingerprint density at radius 1 is 1.33 bits per heavy atom. The van der Waals surface area contributed by atoms with E-state index in [1.807, 2.05) is 13.8 Å². The van der Waals surface area contributed by atoms with Gasteiger partial charge in [-0.3, -0.25) is 4.72 Å². The maximum Gasteiger partial charge on any atom is 0.263 e. The van der Waals surface area contributed by atoms with Crippen LogP contribution in [0.2, 0.25) is 0 Å². The minimum atomic E-state index is -3.67. The van der Waals surface area contributed by atoms with Gasteiger partial charge in [0, 0.05) is 10.4 Å². The van der Waals surface area contributed by atoms with Crippen LogP contribution >= 0.6 is 23.6 Å². The van der Waals surface area contributed by atoms with E-state index in [1.165, 1.54) is 17.4 Å². The lowest BCUT2D eigenvalue weighted by Gasteiger charge is -2.08. The average molecular weight is 341 g/mol. The van der Waals surface area contributed by atoms with Gasteiger partial charge in [0.05, 0.1) is 10.6 Å². The number of anilines is 1. The molecule has 2 rings (SSSR count). The Bertz CT molecular complexity index is 791. The molecule has 1 aromatic carbocycles. The van der Waals surface area contributed by atoms with Crippen molar-refractivity contribution in [1.29, 1.82) is 0 Å². The molecule has 3 N–H and O–H groups in total. The van der Waals surface area contributed by atoms with Gasteiger partial charge in [-0.2, -0.15) is 0 Å². The van der Waals surface area contributed by atoms with Crippen molar-refractivity contribution in [1.82, 2.24) is 4.98 Å². The molecule has 5 nitrogen and oxygen atoms in total. The monoisotopic (exact) mass is 341 g/mol. The number of nitrogens with zero attached hydrogens (tertiary/aromatic N) is 1. The largest absolute Gasteiger partial charge is 0.389 e. The molecule has 0 aliphatic carbocycles. The Balaban J connectivity index is 2.35. The van der Waals surface area contributed by atoms with Crippen molar-refractivity contribution in [2.24, 2.45) is 5.73 Å². The van der Waals surface area contributed by atoms with Crippen LogP contribution in [0.4, 0.5) is 5.13 Å². The molecular weight excluding hydrogens is 326 g/mol. The molecule has 0 radical (unpaired) electrons. The zero-order valence-electron chi connectivity index (χ0n) is 11.8. The molecule has 0 unspecified atom stereocenters. The number of hydrogen-bond acceptors (Lipinski definition) is 5. The Morgan fingerprint density at radius 3 is 2.48 bits per heavy atom. The van der Waals surface area contributed by atoms with Crippen LogP contribution in [0.15, 0.2) is 23.1 Å². The van der Waals surface area contributed by atoms with Crippen molar-refractivity contribution >= 4 is 43.7 Å². The molecule has 0 spiro atoms. The number of nitrogens with two attached hydrogens (primary N) is 1. The van der Waals surface area contributed by atoms with Gasteiger partial charge in [-0.1, -0.05) is 18.3 Å². The first kappa shape index (κ1) is 15.9. The van der Waals surface area contributed by atoms with Crippen LogP contribution in [-0.4, -0.2) is 18.4 Å². The van der Waals surface area contributed by atoms with E-state index in [2.05, 4.69) is 9.71 Å². The van der Waals surface area contributed by atoms with Gasteiger partial charge in [0.25, 0.3) is 10.0 Å². The van der Waals surface area contributed by atoms with Gasteiger partial charge in [-0.05, 0) is 38.5 Å².